The van der Waals surface area contributed by atoms with Crippen molar-refractivity contribution in [2.45, 2.75) is 12.8 Å². The fourth-order valence-corrected chi connectivity index (χ4v) is 2.89. The molecular formula is C19H20Cl2N6O2. The van der Waals surface area contributed by atoms with Crippen LogP contribution < -0.4 is 15.0 Å². The summed E-state index contributed by atoms with van der Waals surface area (Å²) in [7, 11) is 1.56. The number of carbonyl (C=O) groups is 1. The van der Waals surface area contributed by atoms with Crippen molar-refractivity contribution in [3.63, 3.8) is 0 Å². The lowest BCUT2D eigenvalue weighted by Crippen LogP contribution is -2.23. The highest BCUT2D eigenvalue weighted by atomic mass is 35.5. The van der Waals surface area contributed by atoms with Gasteiger partial charge in [0.05, 0.1) is 25.2 Å². The van der Waals surface area contributed by atoms with E-state index in [0.717, 1.165) is 18.7 Å². The SMILES string of the molecule is COc1cnc(-c2ccccn2)nc1Nc1ccc(N2CCCC2=O)cn1.Cl.Cl. The first kappa shape index (κ1) is 22.3. The first-order valence-electron chi connectivity index (χ1n) is 8.60. The lowest BCUT2D eigenvalue weighted by Gasteiger charge is -2.16. The Morgan fingerprint density at radius 1 is 1.07 bits per heavy atom. The first-order valence-corrected chi connectivity index (χ1v) is 8.60. The number of methoxy groups -OCH3 is 1. The van der Waals surface area contributed by atoms with Crippen LogP contribution in [0.25, 0.3) is 11.5 Å². The minimum absolute atomic E-state index is 0. The summed E-state index contributed by atoms with van der Waals surface area (Å²) < 4.78 is 5.34. The Morgan fingerprint density at radius 2 is 1.93 bits per heavy atom. The van der Waals surface area contributed by atoms with Crippen LogP contribution in [0.5, 0.6) is 5.75 Å². The van der Waals surface area contributed by atoms with Gasteiger partial charge >= 0.3 is 0 Å². The summed E-state index contributed by atoms with van der Waals surface area (Å²) in [5.41, 5.74) is 1.46. The van der Waals surface area contributed by atoms with Gasteiger partial charge in [-0.3, -0.25) is 9.78 Å². The number of ether oxygens (including phenoxy) is 1. The number of nitrogens with one attached hydrogen (secondary N) is 1. The Hall–Kier alpha value is -2.97. The molecule has 0 aromatic carbocycles. The average molecular weight is 435 g/mol. The maximum absolute atomic E-state index is 11.8. The number of hydrogen-bond acceptors (Lipinski definition) is 7. The highest BCUT2D eigenvalue weighted by Gasteiger charge is 2.21. The van der Waals surface area contributed by atoms with Crippen LogP contribution in [0.4, 0.5) is 17.3 Å². The molecule has 1 aliphatic rings. The maximum Gasteiger partial charge on any atom is 0.227 e. The molecule has 0 atom stereocenters. The Bertz CT molecular complexity index is 957. The zero-order chi connectivity index (χ0) is 18.6. The molecule has 0 bridgehead atoms. The molecule has 0 spiro atoms. The summed E-state index contributed by atoms with van der Waals surface area (Å²) >= 11 is 0. The first-order chi connectivity index (χ1) is 13.2. The van der Waals surface area contributed by atoms with Gasteiger partial charge in [-0.15, -0.1) is 24.8 Å². The standard InChI is InChI=1S/C19H18N6O2.2ClH/c1-27-15-12-22-18(14-5-2-3-9-20-14)24-19(15)23-16-8-7-13(11-21-16)25-10-4-6-17(25)26;;/h2-3,5,7-9,11-12H,4,6,10H2,1H3,(H,21,22,23,24);2*1H. The highest BCUT2D eigenvalue weighted by Crippen LogP contribution is 2.27. The minimum atomic E-state index is 0. The molecule has 4 rings (SSSR count). The zero-order valence-corrected chi connectivity index (χ0v) is 17.2. The van der Waals surface area contributed by atoms with Gasteiger partial charge in [0.25, 0.3) is 0 Å². The Kier molecular flexibility index (Phi) is 7.69. The van der Waals surface area contributed by atoms with Gasteiger partial charge in [0.2, 0.25) is 5.91 Å². The fraction of sp³-hybridized carbons (Fsp3) is 0.211. The van der Waals surface area contributed by atoms with E-state index in [1.807, 2.05) is 30.3 Å². The summed E-state index contributed by atoms with van der Waals surface area (Å²) in [4.78, 5) is 31.1. The molecule has 0 unspecified atom stereocenters. The van der Waals surface area contributed by atoms with Gasteiger partial charge < -0.3 is 15.0 Å². The summed E-state index contributed by atoms with van der Waals surface area (Å²) in [5.74, 6) is 2.20. The summed E-state index contributed by atoms with van der Waals surface area (Å²) in [6.45, 7) is 0.737. The molecule has 152 valence electrons. The number of nitrogens with zero attached hydrogens (tertiary/aromatic N) is 5. The van der Waals surface area contributed by atoms with Gasteiger partial charge in [0, 0.05) is 19.2 Å². The summed E-state index contributed by atoms with van der Waals surface area (Å²) in [6, 6.07) is 9.23. The number of amides is 1. The second-order valence-electron chi connectivity index (χ2n) is 6.00. The molecule has 29 heavy (non-hydrogen) atoms. The zero-order valence-electron chi connectivity index (χ0n) is 15.6. The summed E-state index contributed by atoms with van der Waals surface area (Å²) in [6.07, 6.45) is 6.44. The lowest BCUT2D eigenvalue weighted by atomic mass is 10.3. The molecule has 3 aromatic heterocycles. The molecule has 1 N–H and O–H groups in total. The van der Waals surface area contributed by atoms with Crippen LogP contribution in [0.3, 0.4) is 0 Å². The molecule has 1 saturated heterocycles. The maximum atomic E-state index is 11.8. The molecule has 0 radical (unpaired) electrons. The molecule has 1 fully saturated rings. The van der Waals surface area contributed by atoms with Gasteiger partial charge in [0.1, 0.15) is 11.5 Å². The third-order valence-electron chi connectivity index (χ3n) is 4.25. The van der Waals surface area contributed by atoms with Crippen LogP contribution in [0.2, 0.25) is 0 Å². The Labute approximate surface area is 180 Å². The van der Waals surface area contributed by atoms with E-state index >= 15 is 0 Å². The number of pyridine rings is 2. The van der Waals surface area contributed by atoms with E-state index in [1.165, 1.54) is 0 Å². The smallest absolute Gasteiger partial charge is 0.227 e. The topological polar surface area (TPSA) is 93.1 Å². The van der Waals surface area contributed by atoms with E-state index in [2.05, 4.69) is 25.3 Å². The number of hydrogen-bond donors (Lipinski definition) is 1. The molecule has 0 aliphatic carbocycles. The Balaban J connectivity index is 0.00000150. The van der Waals surface area contributed by atoms with E-state index in [4.69, 9.17) is 4.74 Å². The summed E-state index contributed by atoms with van der Waals surface area (Å²) in [5, 5.41) is 3.14. The van der Waals surface area contributed by atoms with Crippen molar-refractivity contribution in [3.05, 3.63) is 48.9 Å². The van der Waals surface area contributed by atoms with Crippen molar-refractivity contribution in [2.75, 3.05) is 23.9 Å². The monoisotopic (exact) mass is 434 g/mol. The number of halogens is 2. The van der Waals surface area contributed by atoms with Gasteiger partial charge in [-0.25, -0.2) is 15.0 Å². The molecule has 10 heteroatoms. The molecule has 1 aliphatic heterocycles. The predicted octanol–water partition coefficient (Wildman–Crippen LogP) is 3.66. The highest BCUT2D eigenvalue weighted by molar-refractivity contribution is 5.95. The van der Waals surface area contributed by atoms with E-state index in [9.17, 15) is 4.79 Å². The van der Waals surface area contributed by atoms with Crippen molar-refractivity contribution in [3.8, 4) is 17.3 Å². The number of anilines is 3. The third-order valence-corrected chi connectivity index (χ3v) is 4.25. The van der Waals surface area contributed by atoms with Crippen LogP contribution in [-0.2, 0) is 4.79 Å². The normalized spacial score (nSPS) is 12.7. The van der Waals surface area contributed by atoms with Crippen LogP contribution in [0, 0.1) is 0 Å². The van der Waals surface area contributed by atoms with Crippen LogP contribution in [0.1, 0.15) is 12.8 Å². The molecule has 3 aromatic rings. The molecule has 4 heterocycles. The predicted molar refractivity (Wildman–Crippen MR) is 115 cm³/mol. The lowest BCUT2D eigenvalue weighted by molar-refractivity contribution is -0.117. The van der Waals surface area contributed by atoms with Gasteiger partial charge in [0.15, 0.2) is 17.4 Å². The van der Waals surface area contributed by atoms with E-state index in [-0.39, 0.29) is 30.7 Å². The van der Waals surface area contributed by atoms with Crippen molar-refractivity contribution in [1.82, 2.24) is 19.9 Å². The number of carbonyl (C=O) groups excluding carboxylic acids is 1. The van der Waals surface area contributed by atoms with Crippen LogP contribution >= 0.6 is 24.8 Å². The number of aromatic nitrogens is 4. The number of rotatable bonds is 5. The van der Waals surface area contributed by atoms with E-state index in [1.54, 1.807) is 30.6 Å². The largest absolute Gasteiger partial charge is 0.491 e. The molecule has 1 amide bonds. The van der Waals surface area contributed by atoms with Crippen LogP contribution in [-0.4, -0.2) is 39.5 Å². The average Bonchev–Trinajstić information content (AvgIpc) is 3.15. The third kappa shape index (κ3) is 4.90. The van der Waals surface area contributed by atoms with Crippen molar-refractivity contribution in [1.29, 1.82) is 0 Å². The van der Waals surface area contributed by atoms with Crippen molar-refractivity contribution in [2.24, 2.45) is 0 Å². The second kappa shape index (κ2) is 9.99. The molecular weight excluding hydrogens is 415 g/mol. The van der Waals surface area contributed by atoms with Crippen molar-refractivity contribution >= 4 is 48.0 Å². The quantitative estimate of drug-likeness (QED) is 0.654. The Morgan fingerprint density at radius 3 is 2.55 bits per heavy atom. The second-order valence-corrected chi connectivity index (χ2v) is 6.00. The van der Waals surface area contributed by atoms with E-state index < -0.39 is 0 Å². The minimum Gasteiger partial charge on any atom is -0.491 e. The van der Waals surface area contributed by atoms with Gasteiger partial charge in [-0.1, -0.05) is 6.07 Å². The van der Waals surface area contributed by atoms with Gasteiger partial charge in [-0.05, 0) is 30.7 Å². The molecule has 8 nitrogen and oxygen atoms in total. The van der Waals surface area contributed by atoms with Crippen molar-refractivity contribution < 1.29 is 9.53 Å². The fourth-order valence-electron chi connectivity index (χ4n) is 2.89. The van der Waals surface area contributed by atoms with Crippen LogP contribution in [0.15, 0.2) is 48.9 Å². The van der Waals surface area contributed by atoms with E-state index in [0.29, 0.717) is 35.3 Å². The molecule has 0 saturated carbocycles. The van der Waals surface area contributed by atoms with Gasteiger partial charge in [-0.2, -0.15) is 0 Å².